The fourth-order valence-corrected chi connectivity index (χ4v) is 4.00. The van der Waals surface area contributed by atoms with Gasteiger partial charge in [-0.2, -0.15) is 0 Å². The summed E-state index contributed by atoms with van der Waals surface area (Å²) in [6.07, 6.45) is 8.30. The Labute approximate surface area is 234 Å². The second-order valence-electron chi connectivity index (χ2n) is 8.95. The van der Waals surface area contributed by atoms with Gasteiger partial charge >= 0.3 is 0 Å². The van der Waals surface area contributed by atoms with Gasteiger partial charge in [0.25, 0.3) is 0 Å². The fourth-order valence-electron chi connectivity index (χ4n) is 4.00. The molecule has 7 heteroatoms. The van der Waals surface area contributed by atoms with Crippen molar-refractivity contribution < 1.29 is 14.3 Å². The van der Waals surface area contributed by atoms with E-state index in [1.54, 1.807) is 0 Å². The maximum Gasteiger partial charge on any atom is 0.209 e. The van der Waals surface area contributed by atoms with Gasteiger partial charge in [-0.1, -0.05) is 59.2 Å². The molecule has 1 fully saturated rings. The van der Waals surface area contributed by atoms with E-state index in [1.165, 1.54) is 11.3 Å². The number of piperidine rings is 1. The highest BCUT2D eigenvalue weighted by molar-refractivity contribution is 5.49. The van der Waals surface area contributed by atoms with Gasteiger partial charge in [0.2, 0.25) is 12.8 Å². The minimum Gasteiger partial charge on any atom is -0.480 e. The van der Waals surface area contributed by atoms with Crippen LogP contribution in [0.1, 0.15) is 85.6 Å². The predicted molar refractivity (Wildman–Crippen MR) is 163 cm³/mol. The summed E-state index contributed by atoms with van der Waals surface area (Å²) in [7, 11) is 1.93. The molecule has 0 spiro atoms. The van der Waals surface area contributed by atoms with Gasteiger partial charge in [-0.25, -0.2) is 0 Å². The molecule has 1 heterocycles. The molecule has 7 nitrogen and oxygen atoms in total. The highest BCUT2D eigenvalue weighted by Gasteiger charge is 2.24. The van der Waals surface area contributed by atoms with Crippen molar-refractivity contribution in [1.29, 1.82) is 0 Å². The van der Waals surface area contributed by atoms with Crippen LogP contribution in [0.25, 0.3) is 0 Å². The van der Waals surface area contributed by atoms with Crippen molar-refractivity contribution in [2.45, 2.75) is 93.0 Å². The molecule has 1 aliphatic rings. The average Bonchev–Trinajstić information content (AvgIpc) is 2.96. The summed E-state index contributed by atoms with van der Waals surface area (Å²) in [6, 6.07) is 8.61. The maximum atomic E-state index is 11.0. The third-order valence-corrected chi connectivity index (χ3v) is 6.09. The first-order chi connectivity index (χ1) is 18.4. The summed E-state index contributed by atoms with van der Waals surface area (Å²) in [4.78, 5) is 27.2. The molecule has 0 saturated carbocycles. The first kappa shape index (κ1) is 37.5. The number of amides is 2. The smallest absolute Gasteiger partial charge is 0.209 e. The van der Waals surface area contributed by atoms with Crippen molar-refractivity contribution >= 4 is 18.5 Å². The molecule has 0 aromatic heterocycles. The number of ether oxygens (including phenoxy) is 1. The standard InChI is InChI=1S/C13H24N2O2.C8H17NO.C8H11N.C2H6/c1-4-8-15(11-16)13-6-9-14(10-7-13)12(3)17-5-2;1-3-5-7-9(8-10)6-4-2;1-7-5-3-4-6-8(7)9-2;1-2/h11,13H,3-10H2,1-2H3;8H,3-7H2,1-2H3;3-6,9H,1-2H3;1-2H3. The Bertz CT molecular complexity index is 706. The monoisotopic (exact) mass is 534 g/mol. The van der Waals surface area contributed by atoms with E-state index in [4.69, 9.17) is 4.74 Å². The van der Waals surface area contributed by atoms with Crippen molar-refractivity contribution in [3.63, 3.8) is 0 Å². The summed E-state index contributed by atoms with van der Waals surface area (Å²) in [6.45, 7) is 23.5. The highest BCUT2D eigenvalue weighted by Crippen LogP contribution is 2.19. The van der Waals surface area contributed by atoms with Crippen molar-refractivity contribution in [1.82, 2.24) is 14.7 Å². The third kappa shape index (κ3) is 16.9. The van der Waals surface area contributed by atoms with E-state index in [9.17, 15) is 9.59 Å². The number of nitrogens with zero attached hydrogens (tertiary/aromatic N) is 3. The number of anilines is 1. The van der Waals surface area contributed by atoms with Crippen molar-refractivity contribution in [3.05, 3.63) is 42.3 Å². The number of nitrogens with one attached hydrogen (secondary N) is 1. The van der Waals surface area contributed by atoms with Crippen LogP contribution < -0.4 is 5.32 Å². The van der Waals surface area contributed by atoms with Gasteiger partial charge in [-0.15, -0.1) is 0 Å². The van der Waals surface area contributed by atoms with Gasteiger partial charge in [-0.05, 0) is 64.2 Å². The summed E-state index contributed by atoms with van der Waals surface area (Å²) >= 11 is 0. The predicted octanol–water partition coefficient (Wildman–Crippen LogP) is 6.54. The van der Waals surface area contributed by atoms with Crippen LogP contribution in [-0.2, 0) is 14.3 Å². The number of unbranched alkanes of at least 4 members (excludes halogenated alkanes) is 1. The zero-order valence-corrected chi connectivity index (χ0v) is 25.8. The van der Waals surface area contributed by atoms with Crippen LogP contribution in [0.15, 0.2) is 36.7 Å². The zero-order chi connectivity index (χ0) is 29.2. The Morgan fingerprint density at radius 3 is 2.03 bits per heavy atom. The molecular weight excluding hydrogens is 476 g/mol. The minimum atomic E-state index is 0.387. The summed E-state index contributed by atoms with van der Waals surface area (Å²) in [5, 5.41) is 3.10. The Kier molecular flexibility index (Phi) is 25.6. The molecular formula is C31H58N4O3. The van der Waals surface area contributed by atoms with Crippen LogP contribution in [0, 0.1) is 6.92 Å². The Morgan fingerprint density at radius 2 is 1.61 bits per heavy atom. The van der Waals surface area contributed by atoms with E-state index < -0.39 is 0 Å². The number of benzene rings is 1. The normalized spacial score (nSPS) is 12.3. The van der Waals surface area contributed by atoms with E-state index in [2.05, 4.69) is 56.6 Å². The molecule has 0 bridgehead atoms. The molecule has 0 aliphatic carbocycles. The first-order valence-electron chi connectivity index (χ1n) is 14.6. The molecule has 1 aliphatic heterocycles. The van der Waals surface area contributed by atoms with E-state index >= 15 is 0 Å². The van der Waals surface area contributed by atoms with Crippen LogP contribution in [0.5, 0.6) is 0 Å². The molecule has 1 aromatic carbocycles. The number of aryl methyl sites for hydroxylation is 1. The Balaban J connectivity index is 0. The minimum absolute atomic E-state index is 0.387. The molecule has 0 radical (unpaired) electrons. The topological polar surface area (TPSA) is 65.1 Å². The van der Waals surface area contributed by atoms with E-state index in [0.717, 1.165) is 90.0 Å². The lowest BCUT2D eigenvalue weighted by Gasteiger charge is -2.37. The molecule has 38 heavy (non-hydrogen) atoms. The number of carbonyl (C=O) groups is 2. The molecule has 220 valence electrons. The van der Waals surface area contributed by atoms with Crippen molar-refractivity contribution in [3.8, 4) is 0 Å². The van der Waals surface area contributed by atoms with Gasteiger partial charge in [0.15, 0.2) is 5.88 Å². The highest BCUT2D eigenvalue weighted by atomic mass is 16.5. The molecule has 2 rings (SSSR count). The van der Waals surface area contributed by atoms with Crippen LogP contribution in [0.2, 0.25) is 0 Å². The molecule has 0 atom stereocenters. The number of rotatable bonds is 14. The van der Waals surface area contributed by atoms with E-state index in [-0.39, 0.29) is 0 Å². The number of para-hydroxylation sites is 1. The van der Waals surface area contributed by atoms with Crippen molar-refractivity contribution in [2.24, 2.45) is 0 Å². The largest absolute Gasteiger partial charge is 0.480 e. The average molecular weight is 535 g/mol. The number of hydrogen-bond acceptors (Lipinski definition) is 5. The van der Waals surface area contributed by atoms with Gasteiger partial charge < -0.3 is 24.8 Å². The summed E-state index contributed by atoms with van der Waals surface area (Å²) in [5.41, 5.74) is 2.50. The van der Waals surface area contributed by atoms with Crippen LogP contribution in [0.4, 0.5) is 5.69 Å². The number of hydrogen-bond donors (Lipinski definition) is 1. The van der Waals surface area contributed by atoms with Gasteiger partial charge in [0, 0.05) is 51.5 Å². The Morgan fingerprint density at radius 1 is 1.00 bits per heavy atom. The van der Waals surface area contributed by atoms with Gasteiger partial charge in [0.1, 0.15) is 0 Å². The first-order valence-corrected chi connectivity index (χ1v) is 14.6. The summed E-state index contributed by atoms with van der Waals surface area (Å²) < 4.78 is 5.40. The fraction of sp³-hybridized carbons (Fsp3) is 0.677. The van der Waals surface area contributed by atoms with Crippen molar-refractivity contribution in [2.75, 3.05) is 51.7 Å². The SMILES string of the molecule is C=C(OCC)N1CCC(N(C=O)CCC)CC1.CC.CCCCN(C=O)CCC.CNc1ccccc1C. The molecule has 1 saturated heterocycles. The zero-order valence-electron chi connectivity index (χ0n) is 25.8. The van der Waals surface area contributed by atoms with E-state index in [0.29, 0.717) is 12.6 Å². The number of likely N-dealkylation sites (tertiary alicyclic amines) is 1. The lowest BCUT2D eigenvalue weighted by Crippen LogP contribution is -2.44. The maximum absolute atomic E-state index is 11.0. The second-order valence-corrected chi connectivity index (χ2v) is 8.95. The third-order valence-electron chi connectivity index (χ3n) is 6.09. The quantitative estimate of drug-likeness (QED) is 0.217. The van der Waals surface area contributed by atoms with Crippen LogP contribution >= 0.6 is 0 Å². The lowest BCUT2D eigenvalue weighted by molar-refractivity contribution is -0.121. The molecule has 0 unspecified atom stereocenters. The second kappa shape index (κ2) is 25.9. The number of carbonyl (C=O) groups excluding carboxylic acids is 2. The molecule has 1 aromatic rings. The van der Waals surface area contributed by atoms with E-state index in [1.807, 2.05) is 49.8 Å². The van der Waals surface area contributed by atoms with Gasteiger partial charge in [0.05, 0.1) is 6.61 Å². The summed E-state index contributed by atoms with van der Waals surface area (Å²) in [5.74, 6) is 0.763. The molecule has 2 amide bonds. The lowest BCUT2D eigenvalue weighted by atomic mass is 10.0. The Hall–Kier alpha value is -2.70. The molecule has 1 N–H and O–H groups in total. The van der Waals surface area contributed by atoms with Crippen LogP contribution in [0.3, 0.4) is 0 Å². The van der Waals surface area contributed by atoms with Crippen LogP contribution in [-0.4, -0.2) is 79.9 Å². The van der Waals surface area contributed by atoms with Gasteiger partial charge in [-0.3, -0.25) is 9.59 Å².